The molecule has 1 aliphatic heterocycles. The van der Waals surface area contributed by atoms with Crippen molar-refractivity contribution in [3.8, 4) is 0 Å². The lowest BCUT2D eigenvalue weighted by atomic mass is 10.4. The van der Waals surface area contributed by atoms with Crippen molar-refractivity contribution in [1.82, 2.24) is 0 Å². The molecule has 1 aliphatic rings. The van der Waals surface area contributed by atoms with Gasteiger partial charge in [-0.15, -0.1) is 0 Å². The topological polar surface area (TPSA) is 20.1 Å². The minimum Gasteiger partial charge on any atom is -0.220 e. The maximum absolute atomic E-state index is 10.5. The molecule has 0 spiro atoms. The minimum absolute atomic E-state index is 0.169. The highest BCUT2D eigenvalue weighted by molar-refractivity contribution is 5.70. The van der Waals surface area contributed by atoms with Gasteiger partial charge in [-0.25, -0.2) is 4.79 Å². The molecule has 0 unspecified atom stereocenters. The normalized spacial score (nSPS) is 18.4. The number of nitrogens with zero attached hydrogens (tertiary/aromatic N) is 1. The predicted octanol–water partition coefficient (Wildman–Crippen LogP) is 0.410. The van der Waals surface area contributed by atoms with E-state index in [9.17, 15) is 4.79 Å². The monoisotopic (exact) mass is 112 g/mol. The first-order valence-corrected chi connectivity index (χ1v) is 2.91. The lowest BCUT2D eigenvalue weighted by Crippen LogP contribution is -2.14. The summed E-state index contributed by atoms with van der Waals surface area (Å²) in [6.07, 6.45) is 4.17. The van der Waals surface area contributed by atoms with Gasteiger partial charge in [0, 0.05) is 12.8 Å². The van der Waals surface area contributed by atoms with Crippen LogP contribution in [0.3, 0.4) is 0 Å². The first-order valence-electron chi connectivity index (χ1n) is 2.91. The summed E-state index contributed by atoms with van der Waals surface area (Å²) >= 11 is 0. The Morgan fingerprint density at radius 2 is 2.50 bits per heavy atom. The van der Waals surface area contributed by atoms with Gasteiger partial charge in [0.25, 0.3) is 0 Å². The van der Waals surface area contributed by atoms with E-state index < -0.39 is 0 Å². The Balaban J connectivity index is 2.57. The molecule has 0 aromatic rings. The van der Waals surface area contributed by atoms with E-state index in [-0.39, 0.29) is 5.91 Å². The SMILES string of the molecule is CC(=O)[N+]1=CCCC1. The zero-order valence-electron chi connectivity index (χ0n) is 5.05. The van der Waals surface area contributed by atoms with Crippen molar-refractivity contribution in [2.45, 2.75) is 19.8 Å². The molecule has 44 valence electrons. The summed E-state index contributed by atoms with van der Waals surface area (Å²) in [6, 6.07) is 0. The average molecular weight is 112 g/mol. The van der Waals surface area contributed by atoms with E-state index in [1.54, 1.807) is 11.5 Å². The lowest BCUT2D eigenvalue weighted by molar-refractivity contribution is -0.435. The highest BCUT2D eigenvalue weighted by Crippen LogP contribution is 1.95. The third-order valence-corrected chi connectivity index (χ3v) is 1.36. The highest BCUT2D eigenvalue weighted by atomic mass is 16.1. The third-order valence-electron chi connectivity index (χ3n) is 1.36. The van der Waals surface area contributed by atoms with Crippen molar-refractivity contribution in [2.75, 3.05) is 6.54 Å². The van der Waals surface area contributed by atoms with Gasteiger partial charge in [0.15, 0.2) is 6.54 Å². The van der Waals surface area contributed by atoms with Crippen LogP contribution in [0.25, 0.3) is 0 Å². The Hall–Kier alpha value is -0.660. The summed E-state index contributed by atoms with van der Waals surface area (Å²) < 4.78 is 1.76. The van der Waals surface area contributed by atoms with Crippen LogP contribution < -0.4 is 0 Å². The molecule has 0 radical (unpaired) electrons. The van der Waals surface area contributed by atoms with E-state index in [1.807, 2.05) is 6.21 Å². The molecule has 0 atom stereocenters. The molecular formula is C6H10NO+. The van der Waals surface area contributed by atoms with Gasteiger partial charge in [0.05, 0.1) is 6.92 Å². The van der Waals surface area contributed by atoms with Gasteiger partial charge in [0.1, 0.15) is 6.21 Å². The first-order chi connectivity index (χ1) is 3.80. The molecule has 2 heteroatoms. The predicted molar refractivity (Wildman–Crippen MR) is 31.1 cm³/mol. The van der Waals surface area contributed by atoms with E-state index in [4.69, 9.17) is 0 Å². The van der Waals surface area contributed by atoms with Crippen molar-refractivity contribution in [1.29, 1.82) is 0 Å². The van der Waals surface area contributed by atoms with Gasteiger partial charge in [-0.1, -0.05) is 0 Å². The van der Waals surface area contributed by atoms with Crippen LogP contribution in [-0.4, -0.2) is 23.2 Å². The first kappa shape index (κ1) is 5.48. The molecule has 1 rings (SSSR count). The summed E-state index contributed by atoms with van der Waals surface area (Å²) in [5.41, 5.74) is 0. The largest absolute Gasteiger partial charge is 0.383 e. The van der Waals surface area contributed by atoms with E-state index in [2.05, 4.69) is 0 Å². The third kappa shape index (κ3) is 0.941. The van der Waals surface area contributed by atoms with Crippen molar-refractivity contribution >= 4 is 12.1 Å². The summed E-state index contributed by atoms with van der Waals surface area (Å²) in [5.74, 6) is 0.169. The fraction of sp³-hybridized carbons (Fsp3) is 0.667. The van der Waals surface area contributed by atoms with Crippen molar-refractivity contribution in [2.24, 2.45) is 0 Å². The van der Waals surface area contributed by atoms with Crippen LogP contribution in [0.2, 0.25) is 0 Å². The Bertz CT molecular complexity index is 137. The summed E-state index contributed by atoms with van der Waals surface area (Å²) in [4.78, 5) is 10.5. The van der Waals surface area contributed by atoms with Crippen molar-refractivity contribution in [3.05, 3.63) is 0 Å². The fourth-order valence-corrected chi connectivity index (χ4v) is 0.886. The standard InChI is InChI=1S/C6H10NO/c1-6(8)7-4-2-3-5-7/h4H,2-3,5H2,1H3/q+1. The van der Waals surface area contributed by atoms with Gasteiger partial charge in [0.2, 0.25) is 0 Å². The number of hydrogen-bond acceptors (Lipinski definition) is 1. The fourth-order valence-electron chi connectivity index (χ4n) is 0.886. The Labute approximate surface area is 48.8 Å². The zero-order chi connectivity index (χ0) is 5.98. The molecule has 0 fully saturated rings. The maximum Gasteiger partial charge on any atom is 0.383 e. The molecule has 0 aromatic heterocycles. The molecule has 0 aromatic carbocycles. The maximum atomic E-state index is 10.5. The van der Waals surface area contributed by atoms with E-state index >= 15 is 0 Å². The molecule has 1 amide bonds. The smallest absolute Gasteiger partial charge is 0.220 e. The zero-order valence-corrected chi connectivity index (χ0v) is 5.05. The molecule has 0 saturated carbocycles. The highest BCUT2D eigenvalue weighted by Gasteiger charge is 2.14. The van der Waals surface area contributed by atoms with Crippen molar-refractivity contribution < 1.29 is 9.37 Å². The van der Waals surface area contributed by atoms with Crippen LogP contribution in [0.5, 0.6) is 0 Å². The quantitative estimate of drug-likeness (QED) is 0.415. The second kappa shape index (κ2) is 2.07. The molecule has 0 aliphatic carbocycles. The van der Waals surface area contributed by atoms with Crippen LogP contribution in [0, 0.1) is 0 Å². The number of amides is 1. The Morgan fingerprint density at radius 3 is 2.75 bits per heavy atom. The number of carbonyl (C=O) groups is 1. The van der Waals surface area contributed by atoms with Gasteiger partial charge >= 0.3 is 5.91 Å². The summed E-state index contributed by atoms with van der Waals surface area (Å²) in [6.45, 7) is 2.52. The van der Waals surface area contributed by atoms with Crippen molar-refractivity contribution in [3.63, 3.8) is 0 Å². The number of rotatable bonds is 0. The minimum atomic E-state index is 0.169. The van der Waals surface area contributed by atoms with E-state index in [0.717, 1.165) is 19.4 Å². The van der Waals surface area contributed by atoms with Gasteiger partial charge < -0.3 is 0 Å². The lowest BCUT2D eigenvalue weighted by Gasteiger charge is -1.84. The molecule has 2 nitrogen and oxygen atoms in total. The van der Waals surface area contributed by atoms with Gasteiger partial charge in [-0.2, -0.15) is 4.58 Å². The molecule has 1 heterocycles. The molecular weight excluding hydrogens is 102 g/mol. The Morgan fingerprint density at radius 1 is 1.75 bits per heavy atom. The second-order valence-electron chi connectivity index (χ2n) is 2.04. The molecule has 8 heavy (non-hydrogen) atoms. The Kier molecular flexibility index (Phi) is 1.42. The van der Waals surface area contributed by atoms with Crippen LogP contribution in [0.1, 0.15) is 19.8 Å². The van der Waals surface area contributed by atoms with Crippen LogP contribution in [0.4, 0.5) is 0 Å². The second-order valence-corrected chi connectivity index (χ2v) is 2.04. The summed E-state index contributed by atoms with van der Waals surface area (Å²) in [7, 11) is 0. The number of hydrogen-bond donors (Lipinski definition) is 0. The van der Waals surface area contributed by atoms with Gasteiger partial charge in [-0.3, -0.25) is 0 Å². The van der Waals surface area contributed by atoms with Crippen LogP contribution >= 0.6 is 0 Å². The summed E-state index contributed by atoms with van der Waals surface area (Å²) in [5, 5.41) is 0. The average Bonchev–Trinajstić information content (AvgIpc) is 2.12. The molecule has 0 saturated heterocycles. The van der Waals surface area contributed by atoms with Gasteiger partial charge in [-0.05, 0) is 0 Å². The molecule has 0 bridgehead atoms. The van der Waals surface area contributed by atoms with E-state index in [0.29, 0.717) is 0 Å². The molecule has 0 N–H and O–H groups in total. The number of carbonyl (C=O) groups excluding carboxylic acids is 1. The van der Waals surface area contributed by atoms with Crippen LogP contribution in [-0.2, 0) is 4.79 Å². The van der Waals surface area contributed by atoms with Crippen LogP contribution in [0.15, 0.2) is 0 Å². The van der Waals surface area contributed by atoms with E-state index in [1.165, 1.54) is 0 Å².